The lowest BCUT2D eigenvalue weighted by Gasteiger charge is -2.56. The van der Waals surface area contributed by atoms with Crippen LogP contribution in [0.15, 0.2) is 12.3 Å². The molecule has 0 bridgehead atoms. The van der Waals surface area contributed by atoms with Gasteiger partial charge in [-0.25, -0.2) is 4.98 Å². The van der Waals surface area contributed by atoms with E-state index in [1.165, 1.54) is 49.2 Å². The number of piperidine rings is 1. The summed E-state index contributed by atoms with van der Waals surface area (Å²) in [6.07, 6.45) is 8.85. The monoisotopic (exact) mass is 409 g/mol. The van der Waals surface area contributed by atoms with E-state index in [0.717, 1.165) is 42.7 Å². The number of nitrogens with one attached hydrogen (secondary N) is 1. The molecule has 3 aliphatic rings. The number of nitrogens with zero attached hydrogens (tertiary/aromatic N) is 6. The highest BCUT2D eigenvalue weighted by atomic mass is 32.1. The van der Waals surface area contributed by atoms with Crippen molar-refractivity contribution in [2.45, 2.75) is 56.9 Å². The standard InChI is InChI=1S/C21H27N7S/c1-15-11-18(29-26-15)24-20-23-12-17(16-5-6-16)19(25-20)27-13-21(14-27,7-8-22)28-9-3-2-4-10-28/h11-12,16H,2-7,9-10,13-14H2,1H3,(H,23,24,25). The summed E-state index contributed by atoms with van der Waals surface area (Å²) in [5, 5.41) is 13.8. The van der Waals surface area contributed by atoms with Crippen LogP contribution in [0.5, 0.6) is 0 Å². The first-order chi connectivity index (χ1) is 14.2. The summed E-state index contributed by atoms with van der Waals surface area (Å²) in [6, 6.07) is 4.47. The van der Waals surface area contributed by atoms with E-state index in [9.17, 15) is 5.26 Å². The van der Waals surface area contributed by atoms with Crippen molar-refractivity contribution in [3.05, 3.63) is 23.5 Å². The van der Waals surface area contributed by atoms with Crippen molar-refractivity contribution in [1.29, 1.82) is 5.26 Å². The third-order valence-electron chi connectivity index (χ3n) is 6.38. The van der Waals surface area contributed by atoms with Crippen molar-refractivity contribution in [3.8, 4) is 6.07 Å². The van der Waals surface area contributed by atoms with Crippen molar-refractivity contribution in [2.75, 3.05) is 36.4 Å². The SMILES string of the molecule is Cc1cc(Nc2ncc(C3CC3)c(N3CC(CC#N)(N4CCCCC4)C3)n2)sn1. The normalized spacial score (nSPS) is 21.4. The van der Waals surface area contributed by atoms with E-state index < -0.39 is 0 Å². The number of rotatable bonds is 6. The van der Waals surface area contributed by atoms with Crippen LogP contribution in [0.2, 0.25) is 0 Å². The third kappa shape index (κ3) is 3.69. The molecule has 3 fully saturated rings. The summed E-state index contributed by atoms with van der Waals surface area (Å²) in [4.78, 5) is 14.4. The first-order valence-corrected chi connectivity index (χ1v) is 11.4. The Bertz CT molecular complexity index is 917. The number of anilines is 3. The Labute approximate surface area is 175 Å². The van der Waals surface area contributed by atoms with Crippen molar-refractivity contribution in [3.63, 3.8) is 0 Å². The molecule has 29 heavy (non-hydrogen) atoms. The summed E-state index contributed by atoms with van der Waals surface area (Å²) in [5.41, 5.74) is 2.25. The predicted octanol–water partition coefficient (Wildman–Crippen LogP) is 3.82. The minimum Gasteiger partial charge on any atom is -0.352 e. The lowest BCUT2D eigenvalue weighted by atomic mass is 9.83. The molecule has 0 radical (unpaired) electrons. The molecule has 1 aliphatic carbocycles. The van der Waals surface area contributed by atoms with Crippen LogP contribution < -0.4 is 10.2 Å². The molecule has 0 atom stereocenters. The molecule has 1 N–H and O–H groups in total. The number of nitriles is 1. The zero-order valence-electron chi connectivity index (χ0n) is 16.9. The van der Waals surface area contributed by atoms with Crippen LogP contribution in [0.4, 0.5) is 16.8 Å². The van der Waals surface area contributed by atoms with Crippen LogP contribution in [0.3, 0.4) is 0 Å². The zero-order chi connectivity index (χ0) is 19.8. The van der Waals surface area contributed by atoms with Crippen molar-refractivity contribution in [2.24, 2.45) is 0 Å². The van der Waals surface area contributed by atoms with Gasteiger partial charge < -0.3 is 10.2 Å². The summed E-state index contributed by atoms with van der Waals surface area (Å²) >= 11 is 1.43. The van der Waals surface area contributed by atoms with E-state index in [0.29, 0.717) is 18.3 Å². The van der Waals surface area contributed by atoms with Gasteiger partial charge in [-0.3, -0.25) is 4.90 Å². The number of likely N-dealkylation sites (tertiary alicyclic amines) is 1. The zero-order valence-corrected chi connectivity index (χ0v) is 17.7. The second kappa shape index (κ2) is 7.54. The van der Waals surface area contributed by atoms with Gasteiger partial charge in [0.2, 0.25) is 5.95 Å². The summed E-state index contributed by atoms with van der Waals surface area (Å²) in [7, 11) is 0. The van der Waals surface area contributed by atoms with Gasteiger partial charge in [0.15, 0.2) is 0 Å². The van der Waals surface area contributed by atoms with E-state index in [1.807, 2.05) is 19.2 Å². The molecule has 2 saturated heterocycles. The average molecular weight is 410 g/mol. The van der Waals surface area contributed by atoms with Crippen LogP contribution in [-0.4, -0.2) is 51.0 Å². The molecule has 0 amide bonds. The molecule has 2 aromatic rings. The molecular weight excluding hydrogens is 382 g/mol. The summed E-state index contributed by atoms with van der Waals surface area (Å²) in [6.45, 7) is 5.99. The lowest BCUT2D eigenvalue weighted by molar-refractivity contribution is 0.0438. The van der Waals surface area contributed by atoms with Gasteiger partial charge in [-0.15, -0.1) is 0 Å². The molecule has 0 spiro atoms. The Hall–Kier alpha value is -2.24. The second-order valence-electron chi connectivity index (χ2n) is 8.67. The molecule has 152 valence electrons. The van der Waals surface area contributed by atoms with E-state index in [1.54, 1.807) is 0 Å². The van der Waals surface area contributed by atoms with E-state index in [2.05, 4.69) is 30.5 Å². The van der Waals surface area contributed by atoms with E-state index in [-0.39, 0.29) is 5.54 Å². The van der Waals surface area contributed by atoms with Crippen LogP contribution >= 0.6 is 11.5 Å². The smallest absolute Gasteiger partial charge is 0.229 e. The maximum atomic E-state index is 9.48. The molecule has 4 heterocycles. The van der Waals surface area contributed by atoms with Crippen LogP contribution in [0, 0.1) is 18.3 Å². The van der Waals surface area contributed by atoms with Gasteiger partial charge in [0.25, 0.3) is 0 Å². The van der Waals surface area contributed by atoms with Crippen LogP contribution in [-0.2, 0) is 0 Å². The maximum Gasteiger partial charge on any atom is 0.229 e. The largest absolute Gasteiger partial charge is 0.352 e. The number of aryl methyl sites for hydroxylation is 1. The fourth-order valence-electron chi connectivity index (χ4n) is 4.66. The Balaban J connectivity index is 1.38. The molecule has 7 nitrogen and oxygen atoms in total. The van der Waals surface area contributed by atoms with Gasteiger partial charge in [0.1, 0.15) is 10.8 Å². The topological polar surface area (TPSA) is 81.0 Å². The van der Waals surface area contributed by atoms with E-state index >= 15 is 0 Å². The quantitative estimate of drug-likeness (QED) is 0.777. The molecule has 0 unspecified atom stereocenters. The Morgan fingerprint density at radius 1 is 1.28 bits per heavy atom. The van der Waals surface area contributed by atoms with Gasteiger partial charge in [-0.05, 0) is 69.2 Å². The third-order valence-corrected chi connectivity index (χ3v) is 7.18. The molecule has 0 aromatic carbocycles. The minimum atomic E-state index is -0.0106. The van der Waals surface area contributed by atoms with Gasteiger partial charge in [-0.2, -0.15) is 14.6 Å². The number of hydrogen-bond acceptors (Lipinski definition) is 8. The van der Waals surface area contributed by atoms with Gasteiger partial charge in [-0.1, -0.05) is 6.42 Å². The highest BCUT2D eigenvalue weighted by molar-refractivity contribution is 7.10. The Morgan fingerprint density at radius 2 is 2.07 bits per heavy atom. The summed E-state index contributed by atoms with van der Waals surface area (Å²) in [5.74, 6) is 2.27. The fraction of sp³-hybridized carbons (Fsp3) is 0.619. The first kappa shape index (κ1) is 18.8. The van der Waals surface area contributed by atoms with Crippen molar-refractivity contribution >= 4 is 28.3 Å². The van der Waals surface area contributed by atoms with Gasteiger partial charge >= 0.3 is 0 Å². The summed E-state index contributed by atoms with van der Waals surface area (Å²) < 4.78 is 4.32. The lowest BCUT2D eigenvalue weighted by Crippen LogP contribution is -2.71. The fourth-order valence-corrected chi connectivity index (χ4v) is 5.32. The molecule has 2 aliphatic heterocycles. The van der Waals surface area contributed by atoms with Crippen molar-refractivity contribution < 1.29 is 0 Å². The van der Waals surface area contributed by atoms with Gasteiger partial charge in [0, 0.05) is 24.8 Å². The van der Waals surface area contributed by atoms with Gasteiger partial charge in [0.05, 0.1) is 23.7 Å². The minimum absolute atomic E-state index is 0.0106. The highest BCUT2D eigenvalue weighted by Crippen LogP contribution is 2.46. The maximum absolute atomic E-state index is 9.48. The number of hydrogen-bond donors (Lipinski definition) is 1. The van der Waals surface area contributed by atoms with E-state index in [4.69, 9.17) is 4.98 Å². The van der Waals surface area contributed by atoms with Crippen molar-refractivity contribution in [1.82, 2.24) is 19.2 Å². The molecule has 1 saturated carbocycles. The molecule has 8 heteroatoms. The molecule has 5 rings (SSSR count). The second-order valence-corrected chi connectivity index (χ2v) is 9.47. The Morgan fingerprint density at radius 3 is 2.72 bits per heavy atom. The predicted molar refractivity (Wildman–Crippen MR) is 115 cm³/mol. The van der Waals surface area contributed by atoms with Crippen LogP contribution in [0.1, 0.15) is 55.7 Å². The molecular formula is C21H27N7S. The Kier molecular flexibility index (Phi) is 4.88. The molecule has 2 aromatic heterocycles. The first-order valence-electron chi connectivity index (χ1n) is 10.6. The highest BCUT2D eigenvalue weighted by Gasteiger charge is 2.49. The average Bonchev–Trinajstić information content (AvgIpc) is 3.47. The number of aromatic nitrogens is 3. The van der Waals surface area contributed by atoms with Crippen LogP contribution in [0.25, 0.3) is 0 Å².